The quantitative estimate of drug-likeness (QED) is 0.364. The molecule has 0 aliphatic carbocycles. The van der Waals surface area contributed by atoms with Crippen molar-refractivity contribution in [1.82, 2.24) is 25.2 Å². The van der Waals surface area contributed by atoms with Gasteiger partial charge in [0.1, 0.15) is 5.82 Å². The third-order valence-corrected chi connectivity index (χ3v) is 9.28. The fraction of sp³-hybridized carbons (Fsp3) is 0.355. The average molecular weight is 587 g/mol. The van der Waals surface area contributed by atoms with Crippen LogP contribution in [-0.4, -0.2) is 85.9 Å². The third kappa shape index (κ3) is 5.59. The molecule has 11 heteroatoms. The van der Waals surface area contributed by atoms with Crippen molar-refractivity contribution in [3.05, 3.63) is 77.1 Å². The van der Waals surface area contributed by atoms with Crippen molar-refractivity contribution in [3.8, 4) is 11.4 Å². The number of benzene rings is 1. The molecule has 5 heterocycles. The number of nitrogens with zero attached hydrogens (tertiary/aromatic N) is 5. The molecule has 2 bridgehead atoms. The van der Waals surface area contributed by atoms with Gasteiger partial charge in [-0.25, -0.2) is 18.4 Å². The zero-order valence-corrected chi connectivity index (χ0v) is 25.0. The molecule has 0 saturated carbocycles. The Morgan fingerprint density at radius 3 is 2.50 bits per heavy atom. The Hall–Kier alpha value is -3.93. The second-order valence-electron chi connectivity index (χ2n) is 11.3. The predicted molar refractivity (Wildman–Crippen MR) is 161 cm³/mol. The maximum Gasteiger partial charge on any atom is 0.251 e. The van der Waals surface area contributed by atoms with Gasteiger partial charge in [0.2, 0.25) is 0 Å². The zero-order valence-electron chi connectivity index (χ0n) is 24.2. The van der Waals surface area contributed by atoms with Gasteiger partial charge in [0.25, 0.3) is 5.91 Å². The van der Waals surface area contributed by atoms with Crippen molar-refractivity contribution in [2.45, 2.75) is 37.4 Å². The van der Waals surface area contributed by atoms with Gasteiger partial charge in [0, 0.05) is 36.5 Å². The molecule has 2 aliphatic heterocycles. The molecule has 2 atom stereocenters. The number of morpholine rings is 1. The van der Waals surface area contributed by atoms with Gasteiger partial charge in [0.05, 0.1) is 59.3 Å². The number of hydrogen-bond donors (Lipinski definition) is 1. The molecule has 0 spiro atoms. The van der Waals surface area contributed by atoms with E-state index < -0.39 is 9.84 Å². The number of aromatic nitrogens is 3. The van der Waals surface area contributed by atoms with Crippen molar-refractivity contribution < 1.29 is 17.9 Å². The minimum absolute atomic E-state index is 0.162. The molecule has 1 aromatic carbocycles. The maximum absolute atomic E-state index is 12.9. The van der Waals surface area contributed by atoms with Crippen molar-refractivity contribution in [2.75, 3.05) is 44.5 Å². The van der Waals surface area contributed by atoms with E-state index in [1.807, 2.05) is 30.3 Å². The summed E-state index contributed by atoms with van der Waals surface area (Å²) in [7, 11) is -1.31. The van der Waals surface area contributed by atoms with Gasteiger partial charge in [-0.1, -0.05) is 6.07 Å². The lowest BCUT2D eigenvalue weighted by atomic mass is 10.0. The highest BCUT2D eigenvalue weighted by Crippen LogP contribution is 2.29. The first kappa shape index (κ1) is 28.2. The molecule has 4 aromatic rings. The summed E-state index contributed by atoms with van der Waals surface area (Å²) in [4.78, 5) is 32.2. The number of pyridine rings is 3. The summed E-state index contributed by atoms with van der Waals surface area (Å²) in [5.74, 6) is 0.566. The van der Waals surface area contributed by atoms with Crippen LogP contribution in [0.4, 0.5) is 5.82 Å². The molecular formula is C31H34N6O4S. The lowest BCUT2D eigenvalue weighted by Crippen LogP contribution is -2.64. The molecule has 1 N–H and O–H groups in total. The van der Waals surface area contributed by atoms with E-state index in [0.29, 0.717) is 30.0 Å². The number of ether oxygens (including phenoxy) is 1. The van der Waals surface area contributed by atoms with Crippen LogP contribution < -0.4 is 10.2 Å². The number of fused-ring (bicyclic) bond motifs is 3. The normalized spacial score (nSPS) is 19.2. The van der Waals surface area contributed by atoms with Crippen LogP contribution in [0.25, 0.3) is 22.3 Å². The van der Waals surface area contributed by atoms with Gasteiger partial charge < -0.3 is 19.9 Å². The summed E-state index contributed by atoms with van der Waals surface area (Å²) in [6.07, 6.45) is 2.88. The van der Waals surface area contributed by atoms with E-state index in [4.69, 9.17) is 14.7 Å². The Labute approximate surface area is 245 Å². The van der Waals surface area contributed by atoms with Crippen LogP contribution in [0.1, 0.15) is 27.2 Å². The van der Waals surface area contributed by atoms with Gasteiger partial charge in [-0.15, -0.1) is 0 Å². The molecule has 42 heavy (non-hydrogen) atoms. The van der Waals surface area contributed by atoms with Gasteiger partial charge in [-0.2, -0.15) is 0 Å². The van der Waals surface area contributed by atoms with Gasteiger partial charge in [0.15, 0.2) is 9.84 Å². The molecular weight excluding hydrogens is 552 g/mol. The summed E-state index contributed by atoms with van der Waals surface area (Å²) < 4.78 is 30.3. The number of piperazine rings is 1. The summed E-state index contributed by atoms with van der Waals surface area (Å²) >= 11 is 0. The molecule has 3 aromatic heterocycles. The maximum atomic E-state index is 12.9. The SMILES string of the molecule is Cc1cc(C(=O)NCc2cc3nc(-c4cccc(N5[C@@H]6COC[C@H]5CN(C)C6)n4)ccc3cn2)cc(S(C)(=O)=O)c1C. The Bertz CT molecular complexity index is 1780. The molecule has 2 saturated heterocycles. The lowest BCUT2D eigenvalue weighted by Gasteiger charge is -2.49. The van der Waals surface area contributed by atoms with Crippen LogP contribution in [0.5, 0.6) is 0 Å². The first-order valence-corrected chi connectivity index (χ1v) is 15.8. The summed E-state index contributed by atoms with van der Waals surface area (Å²) in [5, 5.41) is 3.74. The second-order valence-corrected chi connectivity index (χ2v) is 13.3. The summed E-state index contributed by atoms with van der Waals surface area (Å²) in [6, 6.07) is 15.5. The van der Waals surface area contributed by atoms with Crippen LogP contribution in [0, 0.1) is 13.8 Å². The van der Waals surface area contributed by atoms with E-state index in [2.05, 4.69) is 33.2 Å². The number of carbonyl (C=O) groups is 1. The Morgan fingerprint density at radius 1 is 1.02 bits per heavy atom. The van der Waals surface area contributed by atoms with Crippen molar-refractivity contribution in [3.63, 3.8) is 0 Å². The Kier molecular flexibility index (Phi) is 7.42. The number of hydrogen-bond acceptors (Lipinski definition) is 9. The van der Waals surface area contributed by atoms with Crippen LogP contribution >= 0.6 is 0 Å². The zero-order chi connectivity index (χ0) is 29.6. The molecule has 10 nitrogen and oxygen atoms in total. The predicted octanol–water partition coefficient (Wildman–Crippen LogP) is 3.16. The van der Waals surface area contributed by atoms with Gasteiger partial charge in [-0.3, -0.25) is 9.78 Å². The standard InChI is InChI=1S/C31H34N6O4S/c1-19-10-22(11-29(20(19)2)42(4,39)40)31(38)33-14-23-12-28-21(13-32-23)8-9-27(34-28)26-6-5-7-30(35-26)37-24-15-36(3)16-25(37)18-41-17-24/h5-13,24-25H,14-18H2,1-4H3,(H,33,38)/t24-,25+. The topological polar surface area (TPSA) is 118 Å². The second kappa shape index (κ2) is 11.0. The van der Waals surface area contributed by atoms with E-state index in [1.165, 1.54) is 6.07 Å². The Balaban J connectivity index is 1.22. The minimum atomic E-state index is -3.46. The smallest absolute Gasteiger partial charge is 0.251 e. The van der Waals surface area contributed by atoms with E-state index in [0.717, 1.165) is 53.0 Å². The summed E-state index contributed by atoms with van der Waals surface area (Å²) in [6.45, 7) is 6.96. The van der Waals surface area contributed by atoms with Gasteiger partial charge >= 0.3 is 0 Å². The lowest BCUT2D eigenvalue weighted by molar-refractivity contribution is 0.0224. The van der Waals surface area contributed by atoms with Gasteiger partial charge in [-0.05, 0) is 74.5 Å². The fourth-order valence-corrected chi connectivity index (χ4v) is 6.93. The van der Waals surface area contributed by atoms with Crippen LogP contribution in [0.2, 0.25) is 0 Å². The highest BCUT2D eigenvalue weighted by molar-refractivity contribution is 7.90. The van der Waals surface area contributed by atoms with Crippen molar-refractivity contribution >= 4 is 32.5 Å². The molecule has 2 aliphatic rings. The highest BCUT2D eigenvalue weighted by atomic mass is 32.2. The molecule has 1 amide bonds. The number of aryl methyl sites for hydroxylation is 1. The molecule has 0 radical (unpaired) electrons. The number of nitrogens with one attached hydrogen (secondary N) is 1. The highest BCUT2D eigenvalue weighted by Gasteiger charge is 2.37. The number of carbonyl (C=O) groups excluding carboxylic acids is 1. The van der Waals surface area contributed by atoms with E-state index in [-0.39, 0.29) is 29.4 Å². The number of amides is 1. The van der Waals surface area contributed by atoms with Crippen LogP contribution in [0.15, 0.2) is 59.6 Å². The van der Waals surface area contributed by atoms with Crippen molar-refractivity contribution in [1.29, 1.82) is 0 Å². The van der Waals surface area contributed by atoms with Crippen LogP contribution in [0.3, 0.4) is 0 Å². The van der Waals surface area contributed by atoms with Crippen LogP contribution in [-0.2, 0) is 21.1 Å². The Morgan fingerprint density at radius 2 is 1.76 bits per heavy atom. The number of sulfone groups is 1. The van der Waals surface area contributed by atoms with E-state index in [9.17, 15) is 13.2 Å². The first-order chi connectivity index (χ1) is 20.1. The average Bonchev–Trinajstić information content (AvgIpc) is 2.95. The number of anilines is 1. The number of likely N-dealkylation sites (N-methyl/N-ethyl adjacent to an activating group) is 1. The largest absolute Gasteiger partial charge is 0.377 e. The summed E-state index contributed by atoms with van der Waals surface area (Å²) in [5.41, 5.74) is 4.61. The van der Waals surface area contributed by atoms with E-state index in [1.54, 1.807) is 26.1 Å². The molecule has 218 valence electrons. The van der Waals surface area contributed by atoms with Crippen molar-refractivity contribution in [2.24, 2.45) is 0 Å². The molecule has 0 unspecified atom stereocenters. The molecule has 6 rings (SSSR count). The molecule has 2 fully saturated rings. The minimum Gasteiger partial charge on any atom is -0.377 e. The van der Waals surface area contributed by atoms with E-state index >= 15 is 0 Å². The monoisotopic (exact) mass is 586 g/mol. The first-order valence-electron chi connectivity index (χ1n) is 13.9. The third-order valence-electron chi connectivity index (χ3n) is 8.06. The number of rotatable bonds is 6. The fourth-order valence-electron chi connectivity index (χ4n) is 5.87.